The van der Waals surface area contributed by atoms with E-state index >= 15 is 0 Å². The van der Waals surface area contributed by atoms with Gasteiger partial charge < -0.3 is 11.1 Å². The molecule has 0 bridgehead atoms. The van der Waals surface area contributed by atoms with Crippen LogP contribution >= 0.6 is 0 Å². The Morgan fingerprint density at radius 1 is 1.50 bits per heavy atom. The van der Waals surface area contributed by atoms with Crippen LogP contribution in [-0.4, -0.2) is 33.0 Å². The molecule has 0 saturated heterocycles. The van der Waals surface area contributed by atoms with Crippen LogP contribution in [0.15, 0.2) is 12.4 Å². The quantitative estimate of drug-likeness (QED) is 0.731. The topological polar surface area (TPSA) is 85.8 Å². The molecule has 0 atom stereocenters. The van der Waals surface area contributed by atoms with Crippen LogP contribution in [0.25, 0.3) is 0 Å². The van der Waals surface area contributed by atoms with Gasteiger partial charge in [-0.3, -0.25) is 4.79 Å². The smallest absolute Gasteiger partial charge is 0.242 e. The number of aromatic nitrogens is 3. The van der Waals surface area contributed by atoms with Crippen molar-refractivity contribution in [2.75, 3.05) is 6.54 Å². The molecule has 1 aliphatic carbocycles. The number of hydrogen-bond acceptors (Lipinski definition) is 4. The zero-order chi connectivity index (χ0) is 11.4. The Hall–Kier alpha value is -1.43. The first kappa shape index (κ1) is 11.1. The van der Waals surface area contributed by atoms with Gasteiger partial charge >= 0.3 is 0 Å². The summed E-state index contributed by atoms with van der Waals surface area (Å²) in [6.07, 6.45) is 7.46. The Bertz CT molecular complexity index is 342. The van der Waals surface area contributed by atoms with Crippen LogP contribution in [0.4, 0.5) is 0 Å². The number of rotatable bonds is 4. The second-order valence-electron chi connectivity index (χ2n) is 4.34. The van der Waals surface area contributed by atoms with Crippen molar-refractivity contribution in [1.29, 1.82) is 0 Å². The van der Waals surface area contributed by atoms with E-state index in [1.54, 1.807) is 12.4 Å². The fraction of sp³-hybridized carbons (Fsp3) is 0.700. The third kappa shape index (κ3) is 2.38. The van der Waals surface area contributed by atoms with Crippen molar-refractivity contribution in [1.82, 2.24) is 20.3 Å². The fourth-order valence-corrected chi connectivity index (χ4v) is 2.23. The average molecular weight is 223 g/mol. The molecule has 0 radical (unpaired) electrons. The summed E-state index contributed by atoms with van der Waals surface area (Å²) in [5, 5.41) is 10.4. The summed E-state index contributed by atoms with van der Waals surface area (Å²) in [5.74, 6) is -0.0437. The zero-order valence-corrected chi connectivity index (χ0v) is 9.22. The number of nitrogens with two attached hydrogens (primary N) is 1. The molecule has 0 aliphatic heterocycles. The van der Waals surface area contributed by atoms with Crippen molar-refractivity contribution in [3.05, 3.63) is 12.4 Å². The molecule has 2 rings (SSSR count). The van der Waals surface area contributed by atoms with Crippen LogP contribution in [0.3, 0.4) is 0 Å². The molecule has 1 saturated carbocycles. The Morgan fingerprint density at radius 2 is 2.25 bits per heavy atom. The van der Waals surface area contributed by atoms with Crippen molar-refractivity contribution in [3.63, 3.8) is 0 Å². The molecule has 6 nitrogen and oxygen atoms in total. The van der Waals surface area contributed by atoms with Crippen LogP contribution in [0.1, 0.15) is 25.7 Å². The summed E-state index contributed by atoms with van der Waals surface area (Å²) in [4.78, 5) is 11.8. The first-order valence-corrected chi connectivity index (χ1v) is 5.59. The number of carbonyl (C=O) groups is 1. The molecule has 6 heteroatoms. The summed E-state index contributed by atoms with van der Waals surface area (Å²) in [7, 11) is 0. The molecular weight excluding hydrogens is 206 g/mol. The molecule has 1 aromatic rings. The van der Waals surface area contributed by atoms with E-state index in [1.807, 2.05) is 0 Å². The van der Waals surface area contributed by atoms with Gasteiger partial charge in [0.15, 0.2) is 0 Å². The predicted molar refractivity (Wildman–Crippen MR) is 58.4 cm³/mol. The van der Waals surface area contributed by atoms with Crippen molar-refractivity contribution in [3.8, 4) is 0 Å². The highest BCUT2D eigenvalue weighted by Gasteiger charge is 2.33. The lowest BCUT2D eigenvalue weighted by molar-refractivity contribution is -0.123. The second-order valence-corrected chi connectivity index (χ2v) is 4.34. The van der Waals surface area contributed by atoms with Crippen molar-refractivity contribution in [2.24, 2.45) is 5.73 Å². The molecule has 0 aromatic carbocycles. The maximum absolute atomic E-state index is 11.8. The number of nitrogens with zero attached hydrogens (tertiary/aromatic N) is 3. The van der Waals surface area contributed by atoms with Gasteiger partial charge in [-0.1, -0.05) is 18.1 Å². The number of hydrogen-bond donors (Lipinski definition) is 2. The standard InChI is InChI=1S/C10H17N5O/c11-8-10(3-1-2-4-10)13-9(16)7-15-6-5-12-14-15/h5-6H,1-4,7-8,11H2,(H,13,16). The molecule has 1 amide bonds. The summed E-state index contributed by atoms with van der Waals surface area (Å²) < 4.78 is 1.51. The van der Waals surface area contributed by atoms with Crippen molar-refractivity contribution < 1.29 is 4.79 Å². The summed E-state index contributed by atoms with van der Waals surface area (Å²) in [6.45, 7) is 0.720. The lowest BCUT2D eigenvalue weighted by Gasteiger charge is -2.28. The Morgan fingerprint density at radius 3 is 2.81 bits per heavy atom. The average Bonchev–Trinajstić information content (AvgIpc) is 2.90. The van der Waals surface area contributed by atoms with E-state index in [4.69, 9.17) is 5.73 Å². The van der Waals surface area contributed by atoms with Gasteiger partial charge in [0.2, 0.25) is 5.91 Å². The third-order valence-electron chi connectivity index (χ3n) is 3.13. The van der Waals surface area contributed by atoms with Gasteiger partial charge in [-0.15, -0.1) is 5.10 Å². The molecule has 88 valence electrons. The first-order chi connectivity index (χ1) is 7.74. The summed E-state index contributed by atoms with van der Waals surface area (Å²) in [6, 6.07) is 0. The van der Waals surface area contributed by atoms with E-state index in [9.17, 15) is 4.79 Å². The second kappa shape index (κ2) is 4.61. The fourth-order valence-electron chi connectivity index (χ4n) is 2.23. The summed E-state index contributed by atoms with van der Waals surface area (Å²) in [5.41, 5.74) is 5.56. The van der Waals surface area contributed by atoms with Crippen molar-refractivity contribution in [2.45, 2.75) is 37.8 Å². The van der Waals surface area contributed by atoms with E-state index in [0.717, 1.165) is 25.7 Å². The minimum absolute atomic E-state index is 0.0437. The van der Waals surface area contributed by atoms with Gasteiger partial charge in [-0.25, -0.2) is 4.68 Å². The minimum atomic E-state index is -0.183. The van der Waals surface area contributed by atoms with Crippen LogP contribution < -0.4 is 11.1 Å². The van der Waals surface area contributed by atoms with Crippen LogP contribution in [0, 0.1) is 0 Å². The zero-order valence-electron chi connectivity index (χ0n) is 9.22. The maximum Gasteiger partial charge on any atom is 0.242 e. The SMILES string of the molecule is NCC1(NC(=O)Cn2ccnn2)CCCC1. The maximum atomic E-state index is 11.8. The van der Waals surface area contributed by atoms with Crippen LogP contribution in [-0.2, 0) is 11.3 Å². The van der Waals surface area contributed by atoms with E-state index < -0.39 is 0 Å². The highest BCUT2D eigenvalue weighted by Crippen LogP contribution is 2.28. The predicted octanol–water partition coefficient (Wildman–Crippen LogP) is -0.334. The normalized spacial score (nSPS) is 18.6. The molecule has 3 N–H and O–H groups in total. The molecular formula is C10H17N5O. The Balaban J connectivity index is 1.91. The Kier molecular flexibility index (Phi) is 3.19. The van der Waals surface area contributed by atoms with E-state index in [2.05, 4.69) is 15.6 Å². The highest BCUT2D eigenvalue weighted by molar-refractivity contribution is 5.76. The Labute approximate surface area is 94.2 Å². The molecule has 1 heterocycles. The van der Waals surface area contributed by atoms with E-state index in [-0.39, 0.29) is 18.0 Å². The lowest BCUT2D eigenvalue weighted by atomic mass is 9.98. The van der Waals surface area contributed by atoms with Gasteiger partial charge in [-0.05, 0) is 12.8 Å². The first-order valence-electron chi connectivity index (χ1n) is 5.59. The van der Waals surface area contributed by atoms with Gasteiger partial charge in [-0.2, -0.15) is 0 Å². The van der Waals surface area contributed by atoms with Gasteiger partial charge in [0.1, 0.15) is 6.54 Å². The molecule has 1 fully saturated rings. The monoisotopic (exact) mass is 223 g/mol. The highest BCUT2D eigenvalue weighted by atomic mass is 16.2. The van der Waals surface area contributed by atoms with Crippen molar-refractivity contribution >= 4 is 5.91 Å². The van der Waals surface area contributed by atoms with Gasteiger partial charge in [0, 0.05) is 12.7 Å². The number of carbonyl (C=O) groups excluding carboxylic acids is 1. The molecule has 1 aliphatic rings. The van der Waals surface area contributed by atoms with E-state index in [1.165, 1.54) is 4.68 Å². The number of amides is 1. The largest absolute Gasteiger partial charge is 0.348 e. The van der Waals surface area contributed by atoms with Crippen LogP contribution in [0.5, 0.6) is 0 Å². The minimum Gasteiger partial charge on any atom is -0.348 e. The summed E-state index contributed by atoms with van der Waals surface area (Å²) >= 11 is 0. The molecule has 1 aromatic heterocycles. The molecule has 0 unspecified atom stereocenters. The third-order valence-corrected chi connectivity index (χ3v) is 3.13. The van der Waals surface area contributed by atoms with Gasteiger partial charge in [0.05, 0.1) is 11.7 Å². The van der Waals surface area contributed by atoms with E-state index in [0.29, 0.717) is 6.54 Å². The number of nitrogens with one attached hydrogen (secondary N) is 1. The van der Waals surface area contributed by atoms with Gasteiger partial charge in [0.25, 0.3) is 0 Å². The van der Waals surface area contributed by atoms with Crippen LogP contribution in [0.2, 0.25) is 0 Å². The molecule has 0 spiro atoms. The lowest BCUT2D eigenvalue weighted by Crippen LogP contribution is -2.52. The molecule has 16 heavy (non-hydrogen) atoms.